The Morgan fingerprint density at radius 1 is 1.61 bits per heavy atom. The van der Waals surface area contributed by atoms with Crippen molar-refractivity contribution in [2.45, 2.75) is 25.9 Å². The zero-order chi connectivity index (χ0) is 13.7. The number of nitrogens with one attached hydrogen (secondary N) is 1. The highest BCUT2D eigenvalue weighted by Gasteiger charge is 2.14. The number of hydrogen-bond donors (Lipinski definition) is 2. The Kier molecular flexibility index (Phi) is 4.73. The molecule has 0 saturated carbocycles. The average molecular weight is 256 g/mol. The number of carbonyl (C=O) groups is 1. The van der Waals surface area contributed by atoms with Gasteiger partial charge in [-0.05, 0) is 19.4 Å². The van der Waals surface area contributed by atoms with Crippen LogP contribution in [0, 0.1) is 15.9 Å². The van der Waals surface area contributed by atoms with Gasteiger partial charge in [-0.15, -0.1) is 0 Å². The molecule has 2 N–H and O–H groups in total. The number of anilines is 1. The minimum Gasteiger partial charge on any atom is -0.393 e. The number of amides is 1. The molecular weight excluding hydrogens is 243 g/mol. The number of halogens is 1. The van der Waals surface area contributed by atoms with Gasteiger partial charge in [-0.3, -0.25) is 14.9 Å². The van der Waals surface area contributed by atoms with Gasteiger partial charge in [0.05, 0.1) is 11.0 Å². The molecule has 0 saturated heterocycles. The van der Waals surface area contributed by atoms with E-state index in [-0.39, 0.29) is 18.0 Å². The van der Waals surface area contributed by atoms with Crippen LogP contribution in [0.4, 0.5) is 15.8 Å². The smallest absolute Gasteiger partial charge is 0.304 e. The van der Waals surface area contributed by atoms with E-state index in [0.717, 1.165) is 12.1 Å². The molecule has 1 aromatic rings. The predicted octanol–water partition coefficient (Wildman–Crippen LogP) is 1.83. The van der Waals surface area contributed by atoms with Crippen LogP contribution in [0.15, 0.2) is 18.2 Å². The van der Waals surface area contributed by atoms with Gasteiger partial charge in [0.15, 0.2) is 0 Å². The van der Waals surface area contributed by atoms with Crippen LogP contribution in [-0.4, -0.2) is 22.0 Å². The van der Waals surface area contributed by atoms with Crippen molar-refractivity contribution in [3.05, 3.63) is 34.1 Å². The van der Waals surface area contributed by atoms with Crippen LogP contribution in [0.1, 0.15) is 19.8 Å². The number of nitro benzene ring substituents is 1. The van der Waals surface area contributed by atoms with Crippen LogP contribution >= 0.6 is 0 Å². The molecule has 18 heavy (non-hydrogen) atoms. The fourth-order valence-electron chi connectivity index (χ4n) is 1.30. The van der Waals surface area contributed by atoms with Crippen molar-refractivity contribution >= 4 is 17.3 Å². The van der Waals surface area contributed by atoms with E-state index >= 15 is 0 Å². The summed E-state index contributed by atoms with van der Waals surface area (Å²) in [5.74, 6) is -1.39. The lowest BCUT2D eigenvalue weighted by Crippen LogP contribution is -2.14. The van der Waals surface area contributed by atoms with E-state index in [1.807, 2.05) is 0 Å². The third-order valence-electron chi connectivity index (χ3n) is 2.22. The fraction of sp³-hybridized carbons (Fsp3) is 0.364. The first kappa shape index (κ1) is 14.0. The van der Waals surface area contributed by atoms with E-state index in [1.54, 1.807) is 6.92 Å². The van der Waals surface area contributed by atoms with Crippen molar-refractivity contribution in [3.8, 4) is 0 Å². The molecule has 0 radical (unpaired) electrons. The van der Waals surface area contributed by atoms with Crippen LogP contribution in [-0.2, 0) is 4.79 Å². The first-order chi connectivity index (χ1) is 8.40. The summed E-state index contributed by atoms with van der Waals surface area (Å²) >= 11 is 0. The molecular formula is C11H13FN2O4. The number of benzene rings is 1. The van der Waals surface area contributed by atoms with Crippen molar-refractivity contribution in [2.75, 3.05) is 5.32 Å². The van der Waals surface area contributed by atoms with Crippen LogP contribution in [0.25, 0.3) is 0 Å². The molecule has 0 bridgehead atoms. The van der Waals surface area contributed by atoms with Crippen LogP contribution in [0.2, 0.25) is 0 Å². The minimum atomic E-state index is -1.01. The normalized spacial score (nSPS) is 11.9. The Morgan fingerprint density at radius 3 is 2.78 bits per heavy atom. The number of aliphatic hydroxyl groups is 1. The molecule has 0 aliphatic rings. The van der Waals surface area contributed by atoms with E-state index < -0.39 is 22.5 Å². The zero-order valence-corrected chi connectivity index (χ0v) is 9.72. The second-order valence-corrected chi connectivity index (χ2v) is 3.86. The summed E-state index contributed by atoms with van der Waals surface area (Å²) in [6.07, 6.45) is -0.207. The number of nitro groups is 1. The summed E-state index contributed by atoms with van der Waals surface area (Å²) < 4.78 is 13.2. The molecule has 1 aromatic carbocycles. The molecule has 0 spiro atoms. The summed E-state index contributed by atoms with van der Waals surface area (Å²) in [6.45, 7) is 1.55. The van der Waals surface area contributed by atoms with Gasteiger partial charge in [0.1, 0.15) is 0 Å². The summed E-state index contributed by atoms with van der Waals surface area (Å²) in [5.41, 5.74) is -0.495. The summed E-state index contributed by atoms with van der Waals surface area (Å²) in [7, 11) is 0. The van der Waals surface area contributed by atoms with Crippen molar-refractivity contribution < 1.29 is 19.2 Å². The molecule has 0 fully saturated rings. The highest BCUT2D eigenvalue weighted by Crippen LogP contribution is 2.20. The Hall–Kier alpha value is -2.02. The highest BCUT2D eigenvalue weighted by molar-refractivity contribution is 5.90. The molecule has 0 aliphatic carbocycles. The topological polar surface area (TPSA) is 92.5 Å². The van der Waals surface area contributed by atoms with Crippen LogP contribution in [0.5, 0.6) is 0 Å². The number of rotatable bonds is 5. The zero-order valence-electron chi connectivity index (χ0n) is 9.72. The lowest BCUT2D eigenvalue weighted by Gasteiger charge is -2.06. The van der Waals surface area contributed by atoms with Gasteiger partial charge in [-0.2, -0.15) is 4.39 Å². The number of hydrogen-bond acceptors (Lipinski definition) is 4. The second-order valence-electron chi connectivity index (χ2n) is 3.86. The van der Waals surface area contributed by atoms with Crippen molar-refractivity contribution in [2.24, 2.45) is 0 Å². The second kappa shape index (κ2) is 6.06. The third kappa shape index (κ3) is 4.10. The Morgan fingerprint density at radius 2 is 2.28 bits per heavy atom. The maximum absolute atomic E-state index is 13.2. The predicted molar refractivity (Wildman–Crippen MR) is 62.6 cm³/mol. The highest BCUT2D eigenvalue weighted by atomic mass is 19.1. The fourth-order valence-corrected chi connectivity index (χ4v) is 1.30. The number of nitrogens with zero attached hydrogens (tertiary/aromatic N) is 1. The van der Waals surface area contributed by atoms with Gasteiger partial charge < -0.3 is 10.4 Å². The average Bonchev–Trinajstić information content (AvgIpc) is 2.26. The summed E-state index contributed by atoms with van der Waals surface area (Å²) in [4.78, 5) is 20.9. The maximum Gasteiger partial charge on any atom is 0.304 e. The van der Waals surface area contributed by atoms with E-state index in [4.69, 9.17) is 5.11 Å². The molecule has 0 aliphatic heterocycles. The number of aliphatic hydroxyl groups excluding tert-OH is 1. The maximum atomic E-state index is 13.2. The lowest BCUT2D eigenvalue weighted by atomic mass is 10.2. The van der Waals surface area contributed by atoms with Gasteiger partial charge in [-0.25, -0.2) is 0 Å². The van der Waals surface area contributed by atoms with Crippen LogP contribution < -0.4 is 5.32 Å². The number of carbonyl (C=O) groups excluding carboxylic acids is 1. The molecule has 98 valence electrons. The van der Waals surface area contributed by atoms with Crippen molar-refractivity contribution in [1.29, 1.82) is 0 Å². The Balaban J connectivity index is 2.66. The van der Waals surface area contributed by atoms with Crippen molar-refractivity contribution in [3.63, 3.8) is 0 Å². The quantitative estimate of drug-likeness (QED) is 0.621. The van der Waals surface area contributed by atoms with E-state index in [2.05, 4.69) is 5.32 Å². The first-order valence-corrected chi connectivity index (χ1v) is 5.32. The van der Waals surface area contributed by atoms with Gasteiger partial charge >= 0.3 is 5.69 Å². The largest absolute Gasteiger partial charge is 0.393 e. The van der Waals surface area contributed by atoms with Gasteiger partial charge in [0.2, 0.25) is 11.7 Å². The van der Waals surface area contributed by atoms with E-state index in [1.165, 1.54) is 6.07 Å². The first-order valence-electron chi connectivity index (χ1n) is 5.32. The molecule has 7 heteroatoms. The molecule has 1 rings (SSSR count). The van der Waals surface area contributed by atoms with Gasteiger partial charge in [0.25, 0.3) is 0 Å². The van der Waals surface area contributed by atoms with Crippen LogP contribution in [0.3, 0.4) is 0 Å². The van der Waals surface area contributed by atoms with Gasteiger partial charge in [0, 0.05) is 24.2 Å². The molecule has 0 aromatic heterocycles. The van der Waals surface area contributed by atoms with E-state index in [0.29, 0.717) is 6.42 Å². The Labute approximate surface area is 103 Å². The standard InChI is InChI=1S/C11H13FN2O4/c1-7(15)2-5-11(16)13-8-3-4-10(14(17)18)9(12)6-8/h3-4,6-7,15H,2,5H2,1H3,(H,13,16). The lowest BCUT2D eigenvalue weighted by molar-refractivity contribution is -0.387. The monoisotopic (exact) mass is 256 g/mol. The van der Waals surface area contributed by atoms with E-state index in [9.17, 15) is 19.3 Å². The Bertz CT molecular complexity index is 462. The summed E-state index contributed by atoms with van der Waals surface area (Å²) in [5, 5.41) is 21.8. The molecule has 1 amide bonds. The molecule has 1 atom stereocenters. The molecule has 0 heterocycles. The third-order valence-corrected chi connectivity index (χ3v) is 2.22. The molecule has 6 nitrogen and oxygen atoms in total. The molecule has 1 unspecified atom stereocenters. The van der Waals surface area contributed by atoms with Crippen molar-refractivity contribution in [1.82, 2.24) is 0 Å². The summed E-state index contributed by atoms with van der Waals surface area (Å²) in [6, 6.07) is 3.12. The SMILES string of the molecule is CC(O)CCC(=O)Nc1ccc([N+](=O)[O-])c(F)c1. The minimum absolute atomic E-state index is 0.0935. The van der Waals surface area contributed by atoms with Gasteiger partial charge in [-0.1, -0.05) is 0 Å².